The van der Waals surface area contributed by atoms with Crippen molar-refractivity contribution in [3.63, 3.8) is 0 Å². The minimum absolute atomic E-state index is 0.0942. The summed E-state index contributed by atoms with van der Waals surface area (Å²) in [6, 6.07) is 0.212. The zero-order chi connectivity index (χ0) is 12.7. The molecule has 0 fully saturated rings. The number of hydrogen-bond donors (Lipinski definition) is 0. The van der Waals surface area contributed by atoms with Gasteiger partial charge in [-0.05, 0) is 13.8 Å². The number of amides is 1. The molecule has 0 rings (SSSR count). The summed E-state index contributed by atoms with van der Waals surface area (Å²) in [5.41, 5.74) is 0. The standard InChI is InChI=1S/C11H21NO3S/c1-8(2)12(4)10(13)7-16-9(3)6-11(14)15-5/h8-9H,6-7H2,1-5H3. The summed E-state index contributed by atoms with van der Waals surface area (Å²) in [7, 11) is 3.16. The number of carbonyl (C=O) groups is 2. The third kappa shape index (κ3) is 6.00. The minimum atomic E-state index is -0.232. The largest absolute Gasteiger partial charge is 0.469 e. The Labute approximate surface area is 102 Å². The lowest BCUT2D eigenvalue weighted by Crippen LogP contribution is -2.34. The highest BCUT2D eigenvalue weighted by atomic mass is 32.2. The van der Waals surface area contributed by atoms with Gasteiger partial charge in [-0.15, -0.1) is 11.8 Å². The van der Waals surface area contributed by atoms with E-state index >= 15 is 0 Å². The first-order valence-corrected chi connectivity index (χ1v) is 6.37. The van der Waals surface area contributed by atoms with Gasteiger partial charge in [0, 0.05) is 18.3 Å². The van der Waals surface area contributed by atoms with Crippen molar-refractivity contribution in [1.82, 2.24) is 4.90 Å². The summed E-state index contributed by atoms with van der Waals surface area (Å²) < 4.78 is 4.57. The molecule has 1 atom stereocenters. The molecule has 0 aromatic rings. The van der Waals surface area contributed by atoms with Crippen molar-refractivity contribution in [2.45, 2.75) is 38.5 Å². The third-order valence-corrected chi connectivity index (χ3v) is 3.49. The van der Waals surface area contributed by atoms with Crippen LogP contribution in [0.5, 0.6) is 0 Å². The van der Waals surface area contributed by atoms with Gasteiger partial charge in [-0.3, -0.25) is 9.59 Å². The van der Waals surface area contributed by atoms with Crippen molar-refractivity contribution in [2.24, 2.45) is 0 Å². The maximum atomic E-state index is 11.6. The number of ether oxygens (including phenoxy) is 1. The van der Waals surface area contributed by atoms with E-state index in [0.717, 1.165) is 0 Å². The van der Waals surface area contributed by atoms with Crippen LogP contribution in [-0.4, -0.2) is 48.0 Å². The van der Waals surface area contributed by atoms with Gasteiger partial charge in [0.1, 0.15) is 0 Å². The molecular formula is C11H21NO3S. The maximum absolute atomic E-state index is 11.6. The van der Waals surface area contributed by atoms with Crippen LogP contribution in [-0.2, 0) is 14.3 Å². The van der Waals surface area contributed by atoms with Gasteiger partial charge in [0.05, 0.1) is 19.3 Å². The molecule has 0 aromatic carbocycles. The molecule has 0 aliphatic heterocycles. The Morgan fingerprint density at radius 1 is 1.31 bits per heavy atom. The Balaban J connectivity index is 3.87. The Morgan fingerprint density at radius 3 is 2.31 bits per heavy atom. The molecule has 1 unspecified atom stereocenters. The number of hydrogen-bond acceptors (Lipinski definition) is 4. The number of methoxy groups -OCH3 is 1. The first-order valence-electron chi connectivity index (χ1n) is 5.32. The van der Waals surface area contributed by atoms with Gasteiger partial charge in [0.2, 0.25) is 5.91 Å². The minimum Gasteiger partial charge on any atom is -0.469 e. The number of thioether (sulfide) groups is 1. The summed E-state index contributed by atoms with van der Waals surface area (Å²) in [5, 5.41) is 0.108. The number of rotatable bonds is 6. The lowest BCUT2D eigenvalue weighted by Gasteiger charge is -2.21. The summed E-state index contributed by atoms with van der Waals surface area (Å²) >= 11 is 1.48. The second-order valence-electron chi connectivity index (χ2n) is 4.00. The van der Waals surface area contributed by atoms with Gasteiger partial charge in [-0.25, -0.2) is 0 Å². The van der Waals surface area contributed by atoms with E-state index in [1.165, 1.54) is 18.9 Å². The fourth-order valence-corrected chi connectivity index (χ4v) is 1.86. The van der Waals surface area contributed by atoms with Gasteiger partial charge >= 0.3 is 5.97 Å². The van der Waals surface area contributed by atoms with E-state index in [1.807, 2.05) is 20.8 Å². The highest BCUT2D eigenvalue weighted by Gasteiger charge is 2.15. The van der Waals surface area contributed by atoms with E-state index in [2.05, 4.69) is 4.74 Å². The second-order valence-corrected chi connectivity index (χ2v) is 5.43. The zero-order valence-corrected chi connectivity index (χ0v) is 11.5. The van der Waals surface area contributed by atoms with Gasteiger partial charge < -0.3 is 9.64 Å². The molecule has 0 aromatic heterocycles. The lowest BCUT2D eigenvalue weighted by atomic mass is 10.3. The molecule has 0 aliphatic carbocycles. The third-order valence-electron chi connectivity index (χ3n) is 2.34. The molecule has 0 N–H and O–H groups in total. The highest BCUT2D eigenvalue weighted by molar-refractivity contribution is 8.00. The van der Waals surface area contributed by atoms with Crippen molar-refractivity contribution >= 4 is 23.6 Å². The number of carbonyl (C=O) groups excluding carboxylic acids is 2. The Hall–Kier alpha value is -0.710. The second kappa shape index (κ2) is 7.54. The summed E-state index contributed by atoms with van der Waals surface area (Å²) in [6.45, 7) is 5.87. The predicted octanol–water partition coefficient (Wildman–Crippen LogP) is 1.54. The van der Waals surface area contributed by atoms with Crippen LogP contribution in [0.4, 0.5) is 0 Å². The molecular weight excluding hydrogens is 226 g/mol. The summed E-state index contributed by atoms with van der Waals surface area (Å²) in [5.74, 6) is 0.272. The van der Waals surface area contributed by atoms with E-state index in [4.69, 9.17) is 0 Å². The van der Waals surface area contributed by atoms with Crippen LogP contribution in [0.25, 0.3) is 0 Å². The van der Waals surface area contributed by atoms with Gasteiger partial charge in [0.25, 0.3) is 0 Å². The van der Waals surface area contributed by atoms with Crippen molar-refractivity contribution in [2.75, 3.05) is 19.9 Å². The fraction of sp³-hybridized carbons (Fsp3) is 0.818. The monoisotopic (exact) mass is 247 g/mol. The van der Waals surface area contributed by atoms with Gasteiger partial charge in [-0.2, -0.15) is 0 Å². The van der Waals surface area contributed by atoms with Crippen LogP contribution < -0.4 is 0 Å². The van der Waals surface area contributed by atoms with E-state index in [0.29, 0.717) is 12.2 Å². The average Bonchev–Trinajstić information content (AvgIpc) is 2.24. The SMILES string of the molecule is COC(=O)CC(C)SCC(=O)N(C)C(C)C. The Morgan fingerprint density at radius 2 is 1.88 bits per heavy atom. The molecule has 0 heterocycles. The fourth-order valence-electron chi connectivity index (χ4n) is 0.980. The van der Waals surface area contributed by atoms with Crippen molar-refractivity contribution in [3.05, 3.63) is 0 Å². The highest BCUT2D eigenvalue weighted by Crippen LogP contribution is 2.15. The Kier molecular flexibility index (Phi) is 7.21. The van der Waals surface area contributed by atoms with E-state index in [9.17, 15) is 9.59 Å². The van der Waals surface area contributed by atoms with Crippen LogP contribution in [0.15, 0.2) is 0 Å². The molecule has 16 heavy (non-hydrogen) atoms. The number of esters is 1. The normalized spacial score (nSPS) is 12.4. The molecule has 0 saturated carbocycles. The molecule has 0 spiro atoms. The van der Waals surface area contributed by atoms with E-state index in [1.54, 1.807) is 11.9 Å². The maximum Gasteiger partial charge on any atom is 0.306 e. The molecule has 0 aliphatic rings. The molecule has 0 saturated heterocycles. The topological polar surface area (TPSA) is 46.6 Å². The molecule has 0 radical (unpaired) electrons. The van der Waals surface area contributed by atoms with Crippen molar-refractivity contribution in [3.8, 4) is 0 Å². The first kappa shape index (κ1) is 15.3. The Bertz CT molecular complexity index is 243. The van der Waals surface area contributed by atoms with Crippen LogP contribution in [0.3, 0.4) is 0 Å². The average molecular weight is 247 g/mol. The lowest BCUT2D eigenvalue weighted by molar-refractivity contribution is -0.140. The zero-order valence-electron chi connectivity index (χ0n) is 10.6. The smallest absolute Gasteiger partial charge is 0.306 e. The van der Waals surface area contributed by atoms with Crippen molar-refractivity contribution in [1.29, 1.82) is 0 Å². The molecule has 5 heteroatoms. The summed E-state index contributed by atoms with van der Waals surface area (Å²) in [4.78, 5) is 24.3. The van der Waals surface area contributed by atoms with Crippen LogP contribution in [0, 0.1) is 0 Å². The van der Waals surface area contributed by atoms with Crippen molar-refractivity contribution < 1.29 is 14.3 Å². The van der Waals surface area contributed by atoms with Crippen LogP contribution in [0.1, 0.15) is 27.2 Å². The number of nitrogens with zero attached hydrogens (tertiary/aromatic N) is 1. The summed E-state index contributed by atoms with van der Waals surface area (Å²) in [6.07, 6.45) is 0.347. The first-order chi connectivity index (χ1) is 7.38. The molecule has 4 nitrogen and oxygen atoms in total. The van der Waals surface area contributed by atoms with E-state index in [-0.39, 0.29) is 23.2 Å². The quantitative estimate of drug-likeness (QED) is 0.668. The van der Waals surface area contributed by atoms with Gasteiger partial charge in [0.15, 0.2) is 0 Å². The molecule has 0 bridgehead atoms. The van der Waals surface area contributed by atoms with Crippen LogP contribution >= 0.6 is 11.8 Å². The predicted molar refractivity (Wildman–Crippen MR) is 66.5 cm³/mol. The van der Waals surface area contributed by atoms with Gasteiger partial charge in [-0.1, -0.05) is 6.92 Å². The van der Waals surface area contributed by atoms with E-state index < -0.39 is 0 Å². The molecule has 1 amide bonds. The van der Waals surface area contributed by atoms with Crippen LogP contribution in [0.2, 0.25) is 0 Å². The molecule has 94 valence electrons.